The molecule has 30 heavy (non-hydrogen) atoms. The minimum absolute atomic E-state index is 0.0693. The van der Waals surface area contributed by atoms with Crippen molar-refractivity contribution in [2.45, 2.75) is 38.9 Å². The Morgan fingerprint density at radius 1 is 0.900 bits per heavy atom. The lowest BCUT2D eigenvalue weighted by molar-refractivity contribution is -0.0893. The summed E-state index contributed by atoms with van der Waals surface area (Å²) in [6.07, 6.45) is 0. The molecule has 1 aliphatic carbocycles. The number of benzene rings is 3. The van der Waals surface area contributed by atoms with Crippen molar-refractivity contribution in [3.8, 4) is 11.1 Å². The molecule has 0 saturated carbocycles. The van der Waals surface area contributed by atoms with Crippen LogP contribution < -0.4 is 5.46 Å². The van der Waals surface area contributed by atoms with Gasteiger partial charge in [0.25, 0.3) is 0 Å². The summed E-state index contributed by atoms with van der Waals surface area (Å²) < 4.78 is 5.91. The topological polar surface area (TPSA) is 62.3 Å². The SMILES string of the molecule is CC(C)(O)C(C)(C)O[B]c1ccc2[nH]c3c4c(ccc3c2c1)-c1ccccc1C4=O. The number of carbonyl (C=O) groups is 1. The second-order valence-corrected chi connectivity index (χ2v) is 9.02. The van der Waals surface area contributed by atoms with Gasteiger partial charge in [-0.2, -0.15) is 0 Å². The summed E-state index contributed by atoms with van der Waals surface area (Å²) in [6.45, 7) is 7.19. The summed E-state index contributed by atoms with van der Waals surface area (Å²) in [5.41, 5.74) is 4.51. The number of H-pyrrole nitrogens is 1. The normalized spacial score (nSPS) is 13.7. The van der Waals surface area contributed by atoms with E-state index in [1.165, 1.54) is 0 Å². The molecule has 1 aromatic heterocycles. The van der Waals surface area contributed by atoms with Crippen molar-refractivity contribution in [1.82, 2.24) is 4.98 Å². The summed E-state index contributed by atoms with van der Waals surface area (Å²) in [6, 6.07) is 17.9. The molecule has 0 aliphatic heterocycles. The standard InChI is InChI=1S/C25H23BNO3/c1-24(2,29)25(3,4)30-26-14-9-12-20-19(13-14)17-11-10-16-15-7-5-6-8-18(15)23(28)21(16)22(17)27-20/h5-13,27,29H,1-4H3. The highest BCUT2D eigenvalue weighted by molar-refractivity contribution is 6.47. The molecular weight excluding hydrogens is 373 g/mol. The maximum atomic E-state index is 13.1. The van der Waals surface area contributed by atoms with Gasteiger partial charge in [0.1, 0.15) is 0 Å². The quantitative estimate of drug-likeness (QED) is 0.444. The Morgan fingerprint density at radius 2 is 1.63 bits per heavy atom. The van der Waals surface area contributed by atoms with Gasteiger partial charge in [0.15, 0.2) is 5.78 Å². The molecule has 1 heterocycles. The molecule has 2 N–H and O–H groups in total. The summed E-state index contributed by atoms with van der Waals surface area (Å²) in [4.78, 5) is 16.5. The molecule has 4 nitrogen and oxygen atoms in total. The molecule has 0 unspecified atom stereocenters. The predicted octanol–water partition coefficient (Wildman–Crippen LogP) is 4.34. The number of ketones is 1. The highest BCUT2D eigenvalue weighted by Crippen LogP contribution is 2.41. The van der Waals surface area contributed by atoms with Gasteiger partial charge in [0.2, 0.25) is 0 Å². The van der Waals surface area contributed by atoms with Crippen LogP contribution >= 0.6 is 0 Å². The largest absolute Gasteiger partial charge is 0.427 e. The lowest BCUT2D eigenvalue weighted by Crippen LogP contribution is -2.49. The number of nitrogens with one attached hydrogen (secondary N) is 1. The van der Waals surface area contributed by atoms with Gasteiger partial charge in [-0.1, -0.05) is 54.0 Å². The molecule has 5 heteroatoms. The molecule has 149 valence electrons. The van der Waals surface area contributed by atoms with Crippen LogP contribution in [-0.2, 0) is 4.65 Å². The molecule has 0 spiro atoms. The maximum Gasteiger partial charge on any atom is 0.330 e. The van der Waals surface area contributed by atoms with Crippen LogP contribution in [0.1, 0.15) is 43.6 Å². The summed E-state index contributed by atoms with van der Waals surface area (Å²) in [7, 11) is 1.69. The van der Waals surface area contributed by atoms with E-state index in [9.17, 15) is 9.90 Å². The van der Waals surface area contributed by atoms with Crippen molar-refractivity contribution in [1.29, 1.82) is 0 Å². The number of aromatic nitrogens is 1. The second-order valence-electron chi connectivity index (χ2n) is 9.02. The van der Waals surface area contributed by atoms with Gasteiger partial charge in [0.05, 0.1) is 22.3 Å². The lowest BCUT2D eigenvalue weighted by atomic mass is 9.82. The molecule has 1 aliphatic rings. The van der Waals surface area contributed by atoms with Crippen molar-refractivity contribution in [2.75, 3.05) is 0 Å². The number of fused-ring (bicyclic) bond motifs is 7. The van der Waals surface area contributed by atoms with E-state index >= 15 is 0 Å². The zero-order chi connectivity index (χ0) is 21.3. The maximum absolute atomic E-state index is 13.1. The zero-order valence-corrected chi connectivity index (χ0v) is 17.5. The summed E-state index contributed by atoms with van der Waals surface area (Å²) in [5.74, 6) is 0.0693. The number of hydrogen-bond acceptors (Lipinski definition) is 3. The Kier molecular flexibility index (Phi) is 4.01. The minimum atomic E-state index is -0.982. The van der Waals surface area contributed by atoms with Crippen LogP contribution in [0.25, 0.3) is 32.9 Å². The Hall–Kier alpha value is -2.89. The van der Waals surface area contributed by atoms with E-state index in [2.05, 4.69) is 11.1 Å². The highest BCUT2D eigenvalue weighted by Gasteiger charge is 2.35. The fourth-order valence-electron chi connectivity index (χ4n) is 3.93. The lowest BCUT2D eigenvalue weighted by Gasteiger charge is -2.37. The molecule has 5 rings (SSSR count). The zero-order valence-electron chi connectivity index (χ0n) is 17.5. The van der Waals surface area contributed by atoms with Crippen LogP contribution in [0.3, 0.4) is 0 Å². The molecule has 0 bridgehead atoms. The van der Waals surface area contributed by atoms with Crippen molar-refractivity contribution in [3.05, 3.63) is 65.7 Å². The van der Waals surface area contributed by atoms with Crippen LogP contribution in [0, 0.1) is 0 Å². The molecule has 0 fully saturated rings. The molecule has 0 atom stereocenters. The van der Waals surface area contributed by atoms with E-state index in [1.807, 2.05) is 62.4 Å². The van der Waals surface area contributed by atoms with Gasteiger partial charge < -0.3 is 14.7 Å². The van der Waals surface area contributed by atoms with Crippen LogP contribution in [0.2, 0.25) is 0 Å². The Bertz CT molecular complexity index is 1330. The first kappa shape index (κ1) is 19.1. The molecule has 3 aromatic carbocycles. The van der Waals surface area contributed by atoms with Gasteiger partial charge in [-0.25, -0.2) is 0 Å². The second kappa shape index (κ2) is 6.30. The molecule has 4 aromatic rings. The van der Waals surface area contributed by atoms with Gasteiger partial charge in [-0.15, -0.1) is 0 Å². The van der Waals surface area contributed by atoms with Crippen LogP contribution in [0.5, 0.6) is 0 Å². The highest BCUT2D eigenvalue weighted by atomic mass is 16.5. The van der Waals surface area contributed by atoms with E-state index in [1.54, 1.807) is 21.3 Å². The minimum Gasteiger partial charge on any atom is -0.427 e. The van der Waals surface area contributed by atoms with E-state index < -0.39 is 11.2 Å². The average Bonchev–Trinajstić information content (AvgIpc) is 3.21. The van der Waals surface area contributed by atoms with Crippen molar-refractivity contribution in [3.63, 3.8) is 0 Å². The Morgan fingerprint density at radius 3 is 2.37 bits per heavy atom. The number of aromatic amines is 1. The van der Waals surface area contributed by atoms with Crippen LogP contribution in [0.15, 0.2) is 54.6 Å². The molecule has 1 radical (unpaired) electrons. The fraction of sp³-hybridized carbons (Fsp3) is 0.240. The van der Waals surface area contributed by atoms with Gasteiger partial charge >= 0.3 is 7.48 Å². The van der Waals surface area contributed by atoms with Crippen LogP contribution in [0.4, 0.5) is 0 Å². The van der Waals surface area contributed by atoms with Gasteiger partial charge in [-0.05, 0) is 44.9 Å². The number of aliphatic hydroxyl groups is 1. The third kappa shape index (κ3) is 2.73. The number of rotatable bonds is 4. The predicted molar refractivity (Wildman–Crippen MR) is 122 cm³/mol. The fourth-order valence-corrected chi connectivity index (χ4v) is 3.93. The van der Waals surface area contributed by atoms with Crippen LogP contribution in [-0.4, -0.2) is 34.6 Å². The summed E-state index contributed by atoms with van der Waals surface area (Å²) in [5, 5.41) is 12.4. The third-order valence-corrected chi connectivity index (χ3v) is 6.45. The van der Waals surface area contributed by atoms with Crippen molar-refractivity contribution < 1.29 is 14.6 Å². The Balaban J connectivity index is 1.58. The van der Waals surface area contributed by atoms with Gasteiger partial charge in [0, 0.05) is 21.9 Å². The number of hydrogen-bond donors (Lipinski definition) is 2. The first-order valence-electron chi connectivity index (χ1n) is 10.1. The van der Waals surface area contributed by atoms with E-state index in [0.717, 1.165) is 49.5 Å². The molecular formula is C25H23BNO3. The first-order chi connectivity index (χ1) is 14.2. The smallest absolute Gasteiger partial charge is 0.330 e. The average molecular weight is 396 g/mol. The first-order valence-corrected chi connectivity index (χ1v) is 10.1. The summed E-state index contributed by atoms with van der Waals surface area (Å²) >= 11 is 0. The monoisotopic (exact) mass is 396 g/mol. The number of carbonyl (C=O) groups excluding carboxylic acids is 1. The van der Waals surface area contributed by atoms with Crippen molar-refractivity contribution >= 4 is 40.5 Å². The van der Waals surface area contributed by atoms with E-state index in [4.69, 9.17) is 4.65 Å². The van der Waals surface area contributed by atoms with E-state index in [0.29, 0.717) is 0 Å². The van der Waals surface area contributed by atoms with Gasteiger partial charge in [-0.3, -0.25) is 4.79 Å². The molecule has 0 amide bonds. The van der Waals surface area contributed by atoms with Crippen molar-refractivity contribution in [2.24, 2.45) is 0 Å². The Labute approximate surface area is 176 Å². The van der Waals surface area contributed by atoms with E-state index in [-0.39, 0.29) is 5.78 Å². The third-order valence-electron chi connectivity index (χ3n) is 6.45. The molecule has 0 saturated heterocycles.